The number of benzene rings is 1. The van der Waals surface area contributed by atoms with E-state index in [1.54, 1.807) is 0 Å². The monoisotopic (exact) mass is 358 g/mol. The highest BCUT2D eigenvalue weighted by Crippen LogP contribution is 2.24. The van der Waals surface area contributed by atoms with Crippen LogP contribution in [0.3, 0.4) is 0 Å². The number of unbranched alkanes of at least 4 members (excludes halogenated alkanes) is 1. The Labute approximate surface area is 151 Å². The largest absolute Gasteiger partial charge is 0.416 e. The molecular formula is C18H22N4O2S. The maximum absolute atomic E-state index is 5.72. The molecule has 1 unspecified atom stereocenters. The molecule has 7 heteroatoms. The molecule has 2 aromatic heterocycles. The summed E-state index contributed by atoms with van der Waals surface area (Å²) in [6.45, 7) is 4.30. The lowest BCUT2D eigenvalue weighted by Gasteiger charge is -2.08. The number of thioether (sulfide) groups is 1. The molecule has 132 valence electrons. The van der Waals surface area contributed by atoms with E-state index in [0.29, 0.717) is 28.7 Å². The van der Waals surface area contributed by atoms with Gasteiger partial charge in [0, 0.05) is 12.8 Å². The average Bonchev–Trinajstić information content (AvgIpc) is 3.28. The molecule has 0 spiro atoms. The normalized spacial score (nSPS) is 12.4. The minimum atomic E-state index is 0.330. The fourth-order valence-corrected chi connectivity index (χ4v) is 3.07. The van der Waals surface area contributed by atoms with Crippen molar-refractivity contribution in [3.05, 3.63) is 53.5 Å². The third kappa shape index (κ3) is 5.16. The Morgan fingerprint density at radius 3 is 2.76 bits per heavy atom. The Balaban J connectivity index is 1.51. The van der Waals surface area contributed by atoms with Crippen LogP contribution in [0.25, 0.3) is 0 Å². The van der Waals surface area contributed by atoms with Gasteiger partial charge in [0.15, 0.2) is 5.82 Å². The van der Waals surface area contributed by atoms with Gasteiger partial charge >= 0.3 is 0 Å². The van der Waals surface area contributed by atoms with E-state index in [1.165, 1.54) is 17.3 Å². The first kappa shape index (κ1) is 17.7. The van der Waals surface area contributed by atoms with Crippen LogP contribution >= 0.6 is 11.8 Å². The van der Waals surface area contributed by atoms with Crippen LogP contribution in [0.1, 0.15) is 55.8 Å². The fraction of sp³-hybridized carbons (Fsp3) is 0.444. The highest BCUT2D eigenvalue weighted by Gasteiger charge is 2.14. The van der Waals surface area contributed by atoms with Gasteiger partial charge in [-0.05, 0) is 17.9 Å². The van der Waals surface area contributed by atoms with Crippen molar-refractivity contribution in [1.82, 2.24) is 20.3 Å². The van der Waals surface area contributed by atoms with Gasteiger partial charge in [-0.3, -0.25) is 0 Å². The van der Waals surface area contributed by atoms with Gasteiger partial charge in [-0.25, -0.2) is 0 Å². The average molecular weight is 358 g/mol. The van der Waals surface area contributed by atoms with E-state index < -0.39 is 0 Å². The van der Waals surface area contributed by atoms with Crippen molar-refractivity contribution in [2.24, 2.45) is 0 Å². The van der Waals surface area contributed by atoms with Crippen LogP contribution in [0.15, 0.2) is 44.5 Å². The third-order valence-electron chi connectivity index (χ3n) is 3.88. The van der Waals surface area contributed by atoms with Crippen molar-refractivity contribution in [3.63, 3.8) is 0 Å². The maximum Gasteiger partial charge on any atom is 0.277 e. The van der Waals surface area contributed by atoms with Gasteiger partial charge in [0.2, 0.25) is 11.8 Å². The van der Waals surface area contributed by atoms with Crippen LogP contribution in [0.4, 0.5) is 0 Å². The molecule has 0 bridgehead atoms. The molecule has 1 aromatic carbocycles. The Hall–Kier alpha value is -2.15. The van der Waals surface area contributed by atoms with Crippen LogP contribution < -0.4 is 0 Å². The van der Waals surface area contributed by atoms with Crippen LogP contribution in [-0.2, 0) is 18.6 Å². The lowest BCUT2D eigenvalue weighted by atomic mass is 9.98. The minimum absolute atomic E-state index is 0.330. The van der Waals surface area contributed by atoms with Gasteiger partial charge in [0.05, 0.1) is 5.75 Å². The van der Waals surface area contributed by atoms with E-state index in [0.717, 1.165) is 31.5 Å². The van der Waals surface area contributed by atoms with Crippen LogP contribution in [0.5, 0.6) is 0 Å². The summed E-state index contributed by atoms with van der Waals surface area (Å²) in [4.78, 5) is 4.37. The van der Waals surface area contributed by atoms with E-state index in [4.69, 9.17) is 8.94 Å². The number of rotatable bonds is 9. The van der Waals surface area contributed by atoms with Crippen LogP contribution in [-0.4, -0.2) is 20.3 Å². The fourth-order valence-electron chi connectivity index (χ4n) is 2.45. The molecule has 0 N–H and O–H groups in total. The van der Waals surface area contributed by atoms with E-state index in [1.807, 2.05) is 18.2 Å². The first-order chi connectivity index (χ1) is 12.2. The van der Waals surface area contributed by atoms with Crippen molar-refractivity contribution in [1.29, 1.82) is 0 Å². The Kier molecular flexibility index (Phi) is 6.22. The predicted molar refractivity (Wildman–Crippen MR) is 95.3 cm³/mol. The Morgan fingerprint density at radius 2 is 1.96 bits per heavy atom. The van der Waals surface area contributed by atoms with Gasteiger partial charge in [-0.2, -0.15) is 4.98 Å². The number of nitrogens with zero attached hydrogens (tertiary/aromatic N) is 4. The molecule has 0 fully saturated rings. The molecule has 6 nitrogen and oxygen atoms in total. The molecule has 0 aliphatic carbocycles. The number of aryl methyl sites for hydroxylation is 1. The first-order valence-corrected chi connectivity index (χ1v) is 9.54. The smallest absolute Gasteiger partial charge is 0.277 e. The third-order valence-corrected chi connectivity index (χ3v) is 4.68. The van der Waals surface area contributed by atoms with Gasteiger partial charge in [0.1, 0.15) is 0 Å². The Morgan fingerprint density at radius 1 is 1.12 bits per heavy atom. The van der Waals surface area contributed by atoms with Gasteiger partial charge in [0.25, 0.3) is 5.22 Å². The van der Waals surface area contributed by atoms with Crippen molar-refractivity contribution >= 4 is 11.8 Å². The van der Waals surface area contributed by atoms with Crippen molar-refractivity contribution in [2.45, 2.75) is 56.4 Å². The van der Waals surface area contributed by atoms with E-state index in [9.17, 15) is 0 Å². The van der Waals surface area contributed by atoms with E-state index in [-0.39, 0.29) is 0 Å². The Bertz CT molecular complexity index is 772. The molecule has 0 aliphatic rings. The molecule has 0 saturated carbocycles. The molecule has 25 heavy (non-hydrogen) atoms. The molecule has 3 aromatic rings. The first-order valence-electron chi connectivity index (χ1n) is 8.56. The summed E-state index contributed by atoms with van der Waals surface area (Å²) in [5.41, 5.74) is 1.26. The molecule has 3 rings (SSSR count). The van der Waals surface area contributed by atoms with E-state index >= 15 is 0 Å². The molecule has 0 saturated heterocycles. The highest BCUT2D eigenvalue weighted by atomic mass is 32.2. The van der Waals surface area contributed by atoms with Crippen LogP contribution in [0.2, 0.25) is 0 Å². The van der Waals surface area contributed by atoms with Crippen LogP contribution in [0, 0.1) is 0 Å². The molecule has 1 atom stereocenters. The zero-order chi connectivity index (χ0) is 17.5. The summed E-state index contributed by atoms with van der Waals surface area (Å²) in [6.07, 6.45) is 3.76. The number of aromatic nitrogens is 4. The molecule has 0 amide bonds. The lowest BCUT2D eigenvalue weighted by molar-refractivity contribution is 0.382. The predicted octanol–water partition coefficient (Wildman–Crippen LogP) is 4.43. The second-order valence-corrected chi connectivity index (χ2v) is 6.90. The molecular weight excluding hydrogens is 336 g/mol. The van der Waals surface area contributed by atoms with Gasteiger partial charge in [-0.1, -0.05) is 67.5 Å². The van der Waals surface area contributed by atoms with Gasteiger partial charge in [-0.15, -0.1) is 10.2 Å². The number of hydrogen-bond donors (Lipinski definition) is 0. The van der Waals surface area contributed by atoms with Crippen molar-refractivity contribution in [2.75, 3.05) is 0 Å². The lowest BCUT2D eigenvalue weighted by Crippen LogP contribution is -1.98. The summed E-state index contributed by atoms with van der Waals surface area (Å²) in [7, 11) is 0. The summed E-state index contributed by atoms with van der Waals surface area (Å²) in [5.74, 6) is 2.87. The number of hydrogen-bond acceptors (Lipinski definition) is 7. The highest BCUT2D eigenvalue weighted by molar-refractivity contribution is 7.98. The summed E-state index contributed by atoms with van der Waals surface area (Å²) >= 11 is 1.42. The SMILES string of the molecule is CCCCc1noc(CSc2nnc(CC(C)c3ccccc3)o2)n1. The summed E-state index contributed by atoms with van der Waals surface area (Å²) in [5, 5.41) is 12.7. The second kappa shape index (κ2) is 8.80. The van der Waals surface area contributed by atoms with Crippen molar-refractivity contribution < 1.29 is 8.94 Å². The molecule has 0 aliphatic heterocycles. The minimum Gasteiger partial charge on any atom is -0.416 e. The quantitative estimate of drug-likeness (QED) is 0.523. The molecule has 2 heterocycles. The summed E-state index contributed by atoms with van der Waals surface area (Å²) in [6, 6.07) is 10.3. The maximum atomic E-state index is 5.72. The molecule has 0 radical (unpaired) electrons. The van der Waals surface area contributed by atoms with Gasteiger partial charge < -0.3 is 8.94 Å². The standard InChI is InChI=1S/C18H22N4O2S/c1-3-4-10-15-19-17(24-22-15)12-25-18-21-20-16(23-18)11-13(2)14-8-6-5-7-9-14/h5-9,13H,3-4,10-12H2,1-2H3. The van der Waals surface area contributed by atoms with E-state index in [2.05, 4.69) is 46.3 Å². The second-order valence-electron chi connectivity index (χ2n) is 5.97. The topological polar surface area (TPSA) is 77.8 Å². The van der Waals surface area contributed by atoms with Crippen molar-refractivity contribution in [3.8, 4) is 0 Å². The zero-order valence-corrected chi connectivity index (χ0v) is 15.3. The zero-order valence-electron chi connectivity index (χ0n) is 14.5. The summed E-state index contributed by atoms with van der Waals surface area (Å²) < 4.78 is 11.0.